The summed E-state index contributed by atoms with van der Waals surface area (Å²) in [6, 6.07) is 0. The zero-order valence-electron chi connectivity index (χ0n) is 9.59. The number of hydrogen-bond acceptors (Lipinski definition) is 2. The number of ether oxygens (including phenoxy) is 1. The van der Waals surface area contributed by atoms with E-state index in [1.807, 2.05) is 0 Å². The van der Waals surface area contributed by atoms with Gasteiger partial charge in [0.1, 0.15) is 0 Å². The number of likely N-dealkylation sites (tertiary alicyclic amines) is 1. The monoisotopic (exact) mass is 197 g/mol. The molecule has 0 bridgehead atoms. The summed E-state index contributed by atoms with van der Waals surface area (Å²) in [7, 11) is 0. The van der Waals surface area contributed by atoms with E-state index in [4.69, 9.17) is 4.74 Å². The van der Waals surface area contributed by atoms with Crippen molar-refractivity contribution in [3.63, 3.8) is 0 Å². The summed E-state index contributed by atoms with van der Waals surface area (Å²) >= 11 is 0. The van der Waals surface area contributed by atoms with Crippen LogP contribution >= 0.6 is 0 Å². The van der Waals surface area contributed by atoms with Crippen molar-refractivity contribution in [1.29, 1.82) is 0 Å². The first kappa shape index (κ1) is 10.4. The zero-order valence-corrected chi connectivity index (χ0v) is 9.59. The first-order chi connectivity index (χ1) is 6.83. The van der Waals surface area contributed by atoms with Gasteiger partial charge < -0.3 is 4.74 Å². The molecule has 0 saturated carbocycles. The van der Waals surface area contributed by atoms with Crippen LogP contribution in [0.3, 0.4) is 0 Å². The van der Waals surface area contributed by atoms with Crippen LogP contribution in [0.1, 0.15) is 39.5 Å². The average molecular weight is 197 g/mol. The summed E-state index contributed by atoms with van der Waals surface area (Å²) < 4.78 is 5.73. The fourth-order valence-electron chi connectivity index (χ4n) is 3.36. The fourth-order valence-corrected chi connectivity index (χ4v) is 3.36. The van der Waals surface area contributed by atoms with Crippen LogP contribution in [-0.2, 0) is 4.74 Å². The molecule has 2 nitrogen and oxygen atoms in total. The minimum Gasteiger partial charge on any atom is -0.379 e. The smallest absolute Gasteiger partial charge is 0.0654 e. The van der Waals surface area contributed by atoms with Crippen molar-refractivity contribution in [2.45, 2.75) is 45.1 Å². The van der Waals surface area contributed by atoms with Crippen molar-refractivity contribution in [2.24, 2.45) is 5.92 Å². The summed E-state index contributed by atoms with van der Waals surface area (Å²) in [4.78, 5) is 2.68. The molecule has 2 atom stereocenters. The number of rotatable bonds is 2. The van der Waals surface area contributed by atoms with E-state index in [1.54, 1.807) is 0 Å². The molecular formula is C12H23NO. The third kappa shape index (κ3) is 1.49. The standard InChI is InChI=1S/C12H23NO/c1-3-11-9-14-10-12(11)7-5-6-8-13(12)4-2/h11H,3-10H2,1-2H3/t11-,12+/m0/s1. The summed E-state index contributed by atoms with van der Waals surface area (Å²) in [5.74, 6) is 0.780. The van der Waals surface area contributed by atoms with E-state index in [-0.39, 0.29) is 0 Å². The van der Waals surface area contributed by atoms with Crippen molar-refractivity contribution < 1.29 is 4.74 Å². The Morgan fingerprint density at radius 1 is 1.36 bits per heavy atom. The van der Waals surface area contributed by atoms with E-state index in [1.165, 1.54) is 38.8 Å². The van der Waals surface area contributed by atoms with Crippen molar-refractivity contribution in [1.82, 2.24) is 4.90 Å². The zero-order chi connectivity index (χ0) is 10.0. The molecule has 0 aromatic rings. The molecule has 2 heteroatoms. The molecular weight excluding hydrogens is 174 g/mol. The van der Waals surface area contributed by atoms with E-state index in [0.29, 0.717) is 5.54 Å². The molecule has 2 aliphatic heterocycles. The molecule has 0 radical (unpaired) electrons. The minimum absolute atomic E-state index is 0.418. The third-order valence-electron chi connectivity index (χ3n) is 4.22. The van der Waals surface area contributed by atoms with Crippen molar-refractivity contribution in [2.75, 3.05) is 26.3 Å². The predicted molar refractivity (Wildman–Crippen MR) is 58.4 cm³/mol. The van der Waals surface area contributed by atoms with Gasteiger partial charge in [-0.05, 0) is 32.4 Å². The van der Waals surface area contributed by atoms with Gasteiger partial charge in [-0.1, -0.05) is 20.3 Å². The fraction of sp³-hybridized carbons (Fsp3) is 1.00. The summed E-state index contributed by atoms with van der Waals surface area (Å²) in [6.07, 6.45) is 5.41. The average Bonchev–Trinajstić information content (AvgIpc) is 2.62. The van der Waals surface area contributed by atoms with Crippen LogP contribution < -0.4 is 0 Å². The Morgan fingerprint density at radius 3 is 2.93 bits per heavy atom. The minimum atomic E-state index is 0.418. The van der Waals surface area contributed by atoms with Gasteiger partial charge in [0.05, 0.1) is 13.2 Å². The van der Waals surface area contributed by atoms with Gasteiger partial charge in [0.2, 0.25) is 0 Å². The Kier molecular flexibility index (Phi) is 3.13. The van der Waals surface area contributed by atoms with E-state index in [0.717, 1.165) is 19.1 Å². The highest BCUT2D eigenvalue weighted by Gasteiger charge is 2.47. The molecule has 0 amide bonds. The second-order valence-electron chi connectivity index (χ2n) is 4.76. The predicted octanol–water partition coefficient (Wildman–Crippen LogP) is 2.29. The van der Waals surface area contributed by atoms with Gasteiger partial charge >= 0.3 is 0 Å². The van der Waals surface area contributed by atoms with Gasteiger partial charge in [0.25, 0.3) is 0 Å². The van der Waals surface area contributed by atoms with E-state index in [9.17, 15) is 0 Å². The van der Waals surface area contributed by atoms with Crippen LogP contribution in [-0.4, -0.2) is 36.7 Å². The largest absolute Gasteiger partial charge is 0.379 e. The lowest BCUT2D eigenvalue weighted by molar-refractivity contribution is 0.0159. The van der Waals surface area contributed by atoms with Gasteiger partial charge in [-0.15, -0.1) is 0 Å². The molecule has 2 saturated heterocycles. The lowest BCUT2D eigenvalue weighted by Gasteiger charge is -2.47. The number of likely N-dealkylation sites (N-methyl/N-ethyl adjacent to an activating group) is 1. The number of nitrogens with zero attached hydrogens (tertiary/aromatic N) is 1. The summed E-state index contributed by atoms with van der Waals surface area (Å²) in [6.45, 7) is 9.06. The Bertz CT molecular complexity index is 195. The maximum absolute atomic E-state index is 5.73. The van der Waals surface area contributed by atoms with Crippen molar-refractivity contribution in [3.05, 3.63) is 0 Å². The Morgan fingerprint density at radius 2 is 2.21 bits per heavy atom. The normalized spacial score (nSPS) is 39.4. The lowest BCUT2D eigenvalue weighted by atomic mass is 9.77. The third-order valence-corrected chi connectivity index (χ3v) is 4.22. The van der Waals surface area contributed by atoms with Crippen LogP contribution in [0.4, 0.5) is 0 Å². The Hall–Kier alpha value is -0.0800. The van der Waals surface area contributed by atoms with Crippen molar-refractivity contribution in [3.8, 4) is 0 Å². The second kappa shape index (κ2) is 4.19. The van der Waals surface area contributed by atoms with Crippen LogP contribution in [0, 0.1) is 5.92 Å². The first-order valence-electron chi connectivity index (χ1n) is 6.16. The molecule has 2 rings (SSSR count). The van der Waals surface area contributed by atoms with Gasteiger partial charge in [0, 0.05) is 11.5 Å². The van der Waals surface area contributed by atoms with Gasteiger partial charge in [0.15, 0.2) is 0 Å². The quantitative estimate of drug-likeness (QED) is 0.673. The summed E-state index contributed by atoms with van der Waals surface area (Å²) in [5, 5.41) is 0. The molecule has 2 fully saturated rings. The molecule has 0 unspecified atom stereocenters. The van der Waals surface area contributed by atoms with Gasteiger partial charge in [-0.3, -0.25) is 4.90 Å². The second-order valence-corrected chi connectivity index (χ2v) is 4.76. The van der Waals surface area contributed by atoms with E-state index < -0.39 is 0 Å². The van der Waals surface area contributed by atoms with Gasteiger partial charge in [-0.2, -0.15) is 0 Å². The topological polar surface area (TPSA) is 12.5 Å². The highest BCUT2D eigenvalue weighted by Crippen LogP contribution is 2.40. The Balaban J connectivity index is 2.16. The molecule has 2 aliphatic rings. The van der Waals surface area contributed by atoms with Crippen LogP contribution in [0.15, 0.2) is 0 Å². The van der Waals surface area contributed by atoms with Crippen molar-refractivity contribution >= 4 is 0 Å². The van der Waals surface area contributed by atoms with Crippen LogP contribution in [0.5, 0.6) is 0 Å². The lowest BCUT2D eigenvalue weighted by Crippen LogP contribution is -2.56. The van der Waals surface area contributed by atoms with E-state index >= 15 is 0 Å². The maximum Gasteiger partial charge on any atom is 0.0654 e. The SMILES string of the molecule is CC[C@H]1COC[C@]12CCCCN2CC. The van der Waals surface area contributed by atoms with Gasteiger partial charge in [-0.25, -0.2) is 0 Å². The first-order valence-corrected chi connectivity index (χ1v) is 6.16. The molecule has 0 aromatic carbocycles. The molecule has 0 N–H and O–H groups in total. The number of hydrogen-bond donors (Lipinski definition) is 0. The molecule has 1 spiro atoms. The highest BCUT2D eigenvalue weighted by atomic mass is 16.5. The van der Waals surface area contributed by atoms with Crippen LogP contribution in [0.25, 0.3) is 0 Å². The summed E-state index contributed by atoms with van der Waals surface area (Å²) in [5.41, 5.74) is 0.418. The molecule has 2 heterocycles. The Labute approximate surface area is 87.6 Å². The molecule has 14 heavy (non-hydrogen) atoms. The van der Waals surface area contributed by atoms with E-state index in [2.05, 4.69) is 18.7 Å². The molecule has 82 valence electrons. The maximum atomic E-state index is 5.73. The highest BCUT2D eigenvalue weighted by molar-refractivity contribution is 5.01. The molecule has 0 aliphatic carbocycles. The molecule has 0 aromatic heterocycles. The number of piperidine rings is 1. The van der Waals surface area contributed by atoms with Crippen LogP contribution in [0.2, 0.25) is 0 Å².